The van der Waals surface area contributed by atoms with Gasteiger partial charge in [0.1, 0.15) is 5.75 Å². The molecule has 0 aliphatic heterocycles. The summed E-state index contributed by atoms with van der Waals surface area (Å²) in [4.78, 5) is 78.2. The van der Waals surface area contributed by atoms with Crippen LogP contribution in [0.15, 0.2) is 24.7 Å². The summed E-state index contributed by atoms with van der Waals surface area (Å²) in [7, 11) is 6.65. The molecule has 6 atom stereocenters. The van der Waals surface area contributed by atoms with Gasteiger partial charge in [-0.3, -0.25) is 38.8 Å². The normalized spacial score (nSPS) is 30.1. The van der Waals surface area contributed by atoms with Gasteiger partial charge in [0, 0.05) is 43.7 Å². The number of hydrogen-bond donors (Lipinski definition) is 3. The highest BCUT2D eigenvalue weighted by Gasteiger charge is 2.69. The molecule has 3 aliphatic carbocycles. The van der Waals surface area contributed by atoms with E-state index in [1.54, 1.807) is 39.2 Å². The third kappa shape index (κ3) is 3.62. The van der Waals surface area contributed by atoms with Crippen LogP contribution < -0.4 is 10.6 Å². The molecule has 0 bridgehead atoms. The van der Waals surface area contributed by atoms with Crippen LogP contribution >= 0.6 is 0 Å². The van der Waals surface area contributed by atoms with Crippen LogP contribution in [0.5, 0.6) is 5.75 Å². The number of phenols is 1. The maximum absolute atomic E-state index is 14.0. The number of benzene rings is 1. The van der Waals surface area contributed by atoms with Crippen LogP contribution in [0.1, 0.15) is 22.3 Å². The van der Waals surface area contributed by atoms with Gasteiger partial charge in [0.25, 0.3) is 0 Å². The van der Waals surface area contributed by atoms with Crippen molar-refractivity contribution in [3.8, 4) is 17.0 Å². The minimum Gasteiger partial charge on any atom is -0.506 e. The van der Waals surface area contributed by atoms with Crippen molar-refractivity contribution in [1.82, 2.24) is 14.9 Å². The van der Waals surface area contributed by atoms with Crippen LogP contribution in [0, 0.1) is 23.7 Å². The highest BCUT2D eigenvalue weighted by atomic mass is 16.3. The van der Waals surface area contributed by atoms with Gasteiger partial charge in [0.15, 0.2) is 34.7 Å². The monoisotopic (exact) mass is 535 g/mol. The lowest BCUT2D eigenvalue weighted by Crippen LogP contribution is -2.74. The number of amides is 1. The first kappa shape index (κ1) is 26.6. The molecular formula is C27H29N5O7. The van der Waals surface area contributed by atoms with Crippen LogP contribution in [-0.4, -0.2) is 94.0 Å². The number of aliphatic hydroxyl groups is 1. The maximum atomic E-state index is 14.0. The van der Waals surface area contributed by atoms with E-state index in [1.807, 2.05) is 0 Å². The minimum absolute atomic E-state index is 0.0105. The topological polar surface area (TPSA) is 184 Å². The quantitative estimate of drug-likeness (QED) is 0.424. The highest BCUT2D eigenvalue weighted by Crippen LogP contribution is 2.52. The van der Waals surface area contributed by atoms with E-state index in [2.05, 4.69) is 9.97 Å². The molecule has 1 aromatic carbocycles. The third-order valence-corrected chi connectivity index (χ3v) is 8.36. The Labute approximate surface area is 223 Å². The molecule has 204 valence electrons. The number of primary amides is 1. The molecule has 0 spiro atoms. The summed E-state index contributed by atoms with van der Waals surface area (Å²) in [6, 6.07) is 0.549. The Balaban J connectivity index is 1.69. The van der Waals surface area contributed by atoms with Crippen molar-refractivity contribution in [2.45, 2.75) is 24.5 Å². The van der Waals surface area contributed by atoms with Gasteiger partial charge in [0.2, 0.25) is 5.91 Å². The number of carbonyl (C=O) groups excluding carboxylic acids is 5. The number of nitrogens with zero attached hydrogens (tertiary/aromatic N) is 4. The van der Waals surface area contributed by atoms with Gasteiger partial charge in [0.05, 0.1) is 29.4 Å². The first-order valence-electron chi connectivity index (χ1n) is 12.5. The largest absolute Gasteiger partial charge is 0.506 e. The molecule has 5 rings (SSSR count). The molecule has 12 nitrogen and oxygen atoms in total. The maximum Gasteiger partial charge on any atom is 0.235 e. The lowest BCUT2D eigenvalue weighted by atomic mass is 9.52. The zero-order chi connectivity index (χ0) is 28.5. The summed E-state index contributed by atoms with van der Waals surface area (Å²) in [5.74, 6) is -10.9. The molecular weight excluding hydrogens is 506 g/mol. The number of carbonyl (C=O) groups is 5. The number of anilines is 1. The minimum atomic E-state index is -2.76. The van der Waals surface area contributed by atoms with E-state index >= 15 is 0 Å². The van der Waals surface area contributed by atoms with Crippen molar-refractivity contribution in [2.24, 2.45) is 29.4 Å². The van der Waals surface area contributed by atoms with Gasteiger partial charge in [-0.1, -0.05) is 0 Å². The lowest BCUT2D eigenvalue weighted by Gasteiger charge is -2.52. The second kappa shape index (κ2) is 9.02. The van der Waals surface area contributed by atoms with Crippen LogP contribution in [0.4, 0.5) is 5.69 Å². The fraction of sp³-hybridized carbons (Fsp3) is 0.444. The smallest absolute Gasteiger partial charge is 0.235 e. The summed E-state index contributed by atoms with van der Waals surface area (Å²) in [5, 5.41) is 23.0. The van der Waals surface area contributed by atoms with E-state index in [-0.39, 0.29) is 29.7 Å². The Bertz CT molecular complexity index is 1440. The van der Waals surface area contributed by atoms with E-state index in [9.17, 15) is 34.2 Å². The van der Waals surface area contributed by atoms with Gasteiger partial charge in [-0.2, -0.15) is 0 Å². The van der Waals surface area contributed by atoms with E-state index in [1.165, 1.54) is 23.5 Å². The van der Waals surface area contributed by atoms with Crippen LogP contribution in [0.3, 0.4) is 0 Å². The Kier molecular flexibility index (Phi) is 6.15. The van der Waals surface area contributed by atoms with Gasteiger partial charge in [-0.05, 0) is 44.5 Å². The third-order valence-electron chi connectivity index (χ3n) is 8.36. The molecule has 2 saturated carbocycles. The van der Waals surface area contributed by atoms with Crippen molar-refractivity contribution >= 4 is 34.7 Å². The second-order valence-electron chi connectivity index (χ2n) is 10.9. The molecule has 1 amide bonds. The fourth-order valence-electron chi connectivity index (χ4n) is 6.68. The molecule has 39 heavy (non-hydrogen) atoms. The molecule has 1 aromatic heterocycles. The van der Waals surface area contributed by atoms with Gasteiger partial charge >= 0.3 is 0 Å². The number of likely N-dealkylation sites (N-methyl/N-ethyl adjacent to an activating group) is 1. The molecule has 12 heteroatoms. The van der Waals surface area contributed by atoms with Crippen molar-refractivity contribution in [2.75, 3.05) is 33.1 Å². The lowest BCUT2D eigenvalue weighted by molar-refractivity contribution is -0.181. The predicted molar refractivity (Wildman–Crippen MR) is 137 cm³/mol. The van der Waals surface area contributed by atoms with E-state index in [4.69, 9.17) is 5.73 Å². The number of hydrogen-bond acceptors (Lipinski definition) is 11. The van der Waals surface area contributed by atoms with E-state index in [0.29, 0.717) is 16.9 Å². The number of Topliss-reactive ketones (excluding diaryl/α,β-unsaturated/α-hetero) is 4. The SMILES string of the molecule is CN(C)c1cc(-c2cnccn2)c(O)c2c1C[C@H]1C[C@H]3[C@H](N(C)C)C(=O)C(C(N)=O)C(=O)[C@@]3(O)C(=O)C1C2=O. The molecule has 0 radical (unpaired) electrons. The molecule has 1 heterocycles. The Hall–Kier alpha value is -4.03. The average molecular weight is 536 g/mol. The molecule has 2 fully saturated rings. The molecule has 0 saturated heterocycles. The zero-order valence-electron chi connectivity index (χ0n) is 21.9. The van der Waals surface area contributed by atoms with Crippen molar-refractivity contribution in [1.29, 1.82) is 0 Å². The molecule has 2 unspecified atom stereocenters. The number of aromatic nitrogens is 2. The first-order valence-corrected chi connectivity index (χ1v) is 12.5. The first-order chi connectivity index (χ1) is 18.3. The summed E-state index contributed by atoms with van der Waals surface area (Å²) in [5.41, 5.74) is 4.18. The summed E-state index contributed by atoms with van der Waals surface area (Å²) >= 11 is 0. The summed E-state index contributed by atoms with van der Waals surface area (Å²) in [6.45, 7) is 0. The van der Waals surface area contributed by atoms with Crippen LogP contribution in [0.2, 0.25) is 0 Å². The highest BCUT2D eigenvalue weighted by molar-refractivity contribution is 6.32. The Morgan fingerprint density at radius 3 is 2.36 bits per heavy atom. The standard InChI is InChI=1S/C27H29N5O7/c1-31(2)16-9-12(15-10-29-5-6-30-15)21(33)18-13(16)7-11-8-14-20(32(3)4)23(35)19(26(28)38)25(37)27(14,39)24(36)17(11)22(18)34/h5-6,9-11,14,17,19-20,33,39H,7-8H2,1-4H3,(H2,28,38)/t11-,14-,17?,19?,20-,27-/m0/s1. The Morgan fingerprint density at radius 1 is 1.10 bits per heavy atom. The summed E-state index contributed by atoms with van der Waals surface area (Å²) in [6.07, 6.45) is 4.50. The van der Waals surface area contributed by atoms with E-state index in [0.717, 1.165) is 0 Å². The van der Waals surface area contributed by atoms with Crippen LogP contribution in [-0.2, 0) is 25.6 Å². The zero-order valence-corrected chi connectivity index (χ0v) is 21.9. The number of rotatable bonds is 4. The number of nitrogens with two attached hydrogens (primary N) is 1. The fourth-order valence-corrected chi connectivity index (χ4v) is 6.68. The number of phenolic OH excluding ortho intramolecular Hbond substituents is 1. The van der Waals surface area contributed by atoms with Crippen LogP contribution in [0.25, 0.3) is 11.3 Å². The molecule has 4 N–H and O–H groups in total. The molecule has 3 aliphatic rings. The summed E-state index contributed by atoms with van der Waals surface area (Å²) < 4.78 is 0. The average Bonchev–Trinajstić information content (AvgIpc) is 2.86. The van der Waals surface area contributed by atoms with Gasteiger partial charge < -0.3 is 20.8 Å². The second-order valence-corrected chi connectivity index (χ2v) is 10.9. The number of aromatic hydroxyl groups is 1. The number of fused-ring (bicyclic) bond motifs is 3. The van der Waals surface area contributed by atoms with Crippen molar-refractivity contribution < 1.29 is 34.2 Å². The molecule has 2 aromatic rings. The van der Waals surface area contributed by atoms with Gasteiger partial charge in [-0.25, -0.2) is 0 Å². The van der Waals surface area contributed by atoms with Crippen molar-refractivity contribution in [3.05, 3.63) is 35.8 Å². The van der Waals surface area contributed by atoms with E-state index < -0.39 is 64.4 Å². The van der Waals surface area contributed by atoms with Crippen molar-refractivity contribution in [3.63, 3.8) is 0 Å². The predicted octanol–water partition coefficient (Wildman–Crippen LogP) is -0.610. The van der Waals surface area contributed by atoms with Gasteiger partial charge in [-0.15, -0.1) is 0 Å². The number of ketones is 4. The Morgan fingerprint density at radius 2 is 1.79 bits per heavy atom.